The van der Waals surface area contributed by atoms with Gasteiger partial charge in [-0.05, 0) is 77.0 Å². The molecule has 6 nitrogen and oxygen atoms in total. The third kappa shape index (κ3) is 54.4. The van der Waals surface area contributed by atoms with Gasteiger partial charge in [-0.1, -0.05) is 256 Å². The predicted molar refractivity (Wildman–Crippen MR) is 289 cm³/mol. The molecule has 0 aliphatic heterocycles. The highest BCUT2D eigenvalue weighted by molar-refractivity contribution is 5.71. The van der Waals surface area contributed by atoms with Crippen molar-refractivity contribution < 1.29 is 28.6 Å². The molecule has 0 aromatic rings. The topological polar surface area (TPSA) is 78.9 Å². The molecule has 0 unspecified atom stereocenters. The largest absolute Gasteiger partial charge is 0.462 e. The second kappa shape index (κ2) is 56.2. The van der Waals surface area contributed by atoms with Crippen LogP contribution in [-0.4, -0.2) is 37.2 Å². The molecular formula is C61H112O6. The van der Waals surface area contributed by atoms with Crippen LogP contribution in [-0.2, 0) is 28.6 Å². The zero-order chi connectivity index (χ0) is 48.6. The van der Waals surface area contributed by atoms with Crippen molar-refractivity contribution in [1.29, 1.82) is 0 Å². The highest BCUT2D eigenvalue weighted by Gasteiger charge is 2.19. The van der Waals surface area contributed by atoms with E-state index in [1.54, 1.807) is 0 Å². The molecule has 0 rings (SSSR count). The summed E-state index contributed by atoms with van der Waals surface area (Å²) in [5.41, 5.74) is 0. The van der Waals surface area contributed by atoms with Gasteiger partial charge in [0.1, 0.15) is 13.2 Å². The first-order chi connectivity index (χ1) is 33.0. The lowest BCUT2D eigenvalue weighted by atomic mass is 10.0. The fourth-order valence-electron chi connectivity index (χ4n) is 8.65. The molecule has 6 heteroatoms. The van der Waals surface area contributed by atoms with Crippen molar-refractivity contribution in [2.75, 3.05) is 13.2 Å². The van der Waals surface area contributed by atoms with E-state index in [-0.39, 0.29) is 31.1 Å². The highest BCUT2D eigenvalue weighted by Crippen LogP contribution is 2.16. The van der Waals surface area contributed by atoms with Crippen molar-refractivity contribution in [2.45, 2.75) is 322 Å². The molecule has 0 bridgehead atoms. The van der Waals surface area contributed by atoms with E-state index in [0.29, 0.717) is 19.3 Å². The zero-order valence-corrected chi connectivity index (χ0v) is 44.9. The van der Waals surface area contributed by atoms with Crippen molar-refractivity contribution >= 4 is 17.9 Å². The second-order valence-corrected chi connectivity index (χ2v) is 19.9. The number of carbonyl (C=O) groups excluding carboxylic acids is 3. The van der Waals surface area contributed by atoms with E-state index < -0.39 is 6.10 Å². The summed E-state index contributed by atoms with van der Waals surface area (Å²) in [4.78, 5) is 38.2. The number of allylic oxidation sites excluding steroid dienone is 6. The van der Waals surface area contributed by atoms with Gasteiger partial charge in [0.05, 0.1) is 0 Å². The van der Waals surface area contributed by atoms with Crippen LogP contribution in [0.2, 0.25) is 0 Å². The smallest absolute Gasteiger partial charge is 0.306 e. The van der Waals surface area contributed by atoms with E-state index in [0.717, 1.165) is 70.6 Å². The molecule has 0 heterocycles. The molecule has 0 spiro atoms. The number of carbonyl (C=O) groups is 3. The lowest BCUT2D eigenvalue weighted by Gasteiger charge is -2.18. The summed E-state index contributed by atoms with van der Waals surface area (Å²) in [5, 5.41) is 0. The molecule has 1 atom stereocenters. The second-order valence-electron chi connectivity index (χ2n) is 19.9. The van der Waals surface area contributed by atoms with E-state index in [2.05, 4.69) is 57.2 Å². The first kappa shape index (κ1) is 64.6. The Bertz CT molecular complexity index is 1130. The first-order valence-electron chi connectivity index (χ1n) is 29.5. The maximum absolute atomic E-state index is 12.9. The fraction of sp³-hybridized carbons (Fsp3) is 0.852. The van der Waals surface area contributed by atoms with E-state index in [1.807, 2.05) is 0 Å². The third-order valence-corrected chi connectivity index (χ3v) is 13.1. The van der Waals surface area contributed by atoms with Crippen LogP contribution in [0, 0.1) is 0 Å². The van der Waals surface area contributed by atoms with Crippen molar-refractivity contribution in [3.63, 3.8) is 0 Å². The number of esters is 3. The van der Waals surface area contributed by atoms with Crippen LogP contribution >= 0.6 is 0 Å². The maximum Gasteiger partial charge on any atom is 0.306 e. The summed E-state index contributed by atoms with van der Waals surface area (Å²) in [6.07, 6.45) is 67.0. The van der Waals surface area contributed by atoms with E-state index in [1.165, 1.54) is 205 Å². The fourth-order valence-corrected chi connectivity index (χ4v) is 8.65. The van der Waals surface area contributed by atoms with Crippen LogP contribution in [0.4, 0.5) is 0 Å². The van der Waals surface area contributed by atoms with Gasteiger partial charge in [-0.25, -0.2) is 0 Å². The van der Waals surface area contributed by atoms with Crippen molar-refractivity contribution in [1.82, 2.24) is 0 Å². The summed E-state index contributed by atoms with van der Waals surface area (Å²) in [6.45, 7) is 6.64. The summed E-state index contributed by atoms with van der Waals surface area (Å²) < 4.78 is 16.9. The Kier molecular flexibility index (Phi) is 54.2. The van der Waals surface area contributed by atoms with Crippen LogP contribution in [0.1, 0.15) is 316 Å². The van der Waals surface area contributed by atoms with Gasteiger partial charge >= 0.3 is 17.9 Å². The van der Waals surface area contributed by atoms with Crippen LogP contribution in [0.25, 0.3) is 0 Å². The lowest BCUT2D eigenvalue weighted by Crippen LogP contribution is -2.30. The average Bonchev–Trinajstić information content (AvgIpc) is 3.33. The van der Waals surface area contributed by atoms with Gasteiger partial charge in [0.15, 0.2) is 6.10 Å². The molecule has 392 valence electrons. The van der Waals surface area contributed by atoms with Crippen LogP contribution in [0.5, 0.6) is 0 Å². The Hall–Kier alpha value is -2.37. The summed E-state index contributed by atoms with van der Waals surface area (Å²) in [7, 11) is 0. The van der Waals surface area contributed by atoms with Crippen molar-refractivity contribution in [3.05, 3.63) is 36.5 Å². The zero-order valence-electron chi connectivity index (χ0n) is 44.9. The molecule has 67 heavy (non-hydrogen) atoms. The van der Waals surface area contributed by atoms with Gasteiger partial charge in [0, 0.05) is 19.3 Å². The molecule has 0 aromatic heterocycles. The quantitative estimate of drug-likeness (QED) is 0.0262. The van der Waals surface area contributed by atoms with Crippen LogP contribution in [0.15, 0.2) is 36.5 Å². The Morgan fingerprint density at radius 2 is 0.537 bits per heavy atom. The lowest BCUT2D eigenvalue weighted by molar-refractivity contribution is -0.167. The highest BCUT2D eigenvalue weighted by atomic mass is 16.6. The standard InChI is InChI=1S/C61H112O6/c1-4-7-10-13-16-19-22-25-27-29-30-32-33-36-39-42-45-48-51-54-60(63)66-57-58(56-65-59(62)53-50-47-44-41-38-35-24-21-18-15-12-9-6-3)67-61(64)55-52-49-46-43-40-37-34-31-28-26-23-20-17-14-11-8-5-2/h17,20,26,28-30,58H,4-16,18-19,21-25,27,31-57H2,1-3H3/b20-17-,28-26-,30-29-/t58-/m1/s1. The number of hydrogen-bond donors (Lipinski definition) is 0. The number of hydrogen-bond acceptors (Lipinski definition) is 6. The number of rotatable bonds is 54. The van der Waals surface area contributed by atoms with Crippen LogP contribution < -0.4 is 0 Å². The summed E-state index contributed by atoms with van der Waals surface area (Å²) >= 11 is 0. The van der Waals surface area contributed by atoms with Gasteiger partial charge in [0.25, 0.3) is 0 Å². The Balaban J connectivity index is 4.34. The predicted octanol–water partition coefficient (Wildman–Crippen LogP) is 19.7. The molecule has 0 fully saturated rings. The van der Waals surface area contributed by atoms with E-state index >= 15 is 0 Å². The molecule has 0 radical (unpaired) electrons. The molecule has 0 N–H and O–H groups in total. The minimum Gasteiger partial charge on any atom is -0.462 e. The molecule has 0 aromatic carbocycles. The average molecular weight is 942 g/mol. The van der Waals surface area contributed by atoms with Gasteiger partial charge in [-0.2, -0.15) is 0 Å². The van der Waals surface area contributed by atoms with Gasteiger partial charge in [-0.15, -0.1) is 0 Å². The van der Waals surface area contributed by atoms with Gasteiger partial charge in [-0.3, -0.25) is 14.4 Å². The SMILES string of the molecule is CCCCC/C=C\C/C=C\CCCCCCCCCC(=O)O[C@@H](COC(=O)CCCCCCCCC/C=C\CCCCCCCCCC)COC(=O)CCCCCCCCCCCCCCC. The summed E-state index contributed by atoms with van der Waals surface area (Å²) in [5.74, 6) is -0.868. The first-order valence-corrected chi connectivity index (χ1v) is 29.5. The molecular weight excluding hydrogens is 829 g/mol. The normalized spacial score (nSPS) is 12.2. The molecule has 0 aliphatic carbocycles. The van der Waals surface area contributed by atoms with Gasteiger partial charge in [0.2, 0.25) is 0 Å². The van der Waals surface area contributed by atoms with Crippen molar-refractivity contribution in [2.24, 2.45) is 0 Å². The molecule has 0 saturated carbocycles. The number of unbranched alkanes of at least 4 members (excludes halogenated alkanes) is 37. The molecule has 0 amide bonds. The Morgan fingerprint density at radius 1 is 0.299 bits per heavy atom. The van der Waals surface area contributed by atoms with E-state index in [4.69, 9.17) is 14.2 Å². The van der Waals surface area contributed by atoms with Crippen molar-refractivity contribution in [3.8, 4) is 0 Å². The maximum atomic E-state index is 12.9. The van der Waals surface area contributed by atoms with E-state index in [9.17, 15) is 14.4 Å². The Morgan fingerprint density at radius 3 is 0.866 bits per heavy atom. The monoisotopic (exact) mass is 941 g/mol. The molecule has 0 aliphatic rings. The minimum absolute atomic E-state index is 0.0731. The van der Waals surface area contributed by atoms with Gasteiger partial charge < -0.3 is 14.2 Å². The Labute approximate surface area is 416 Å². The minimum atomic E-state index is -0.775. The summed E-state index contributed by atoms with van der Waals surface area (Å²) in [6, 6.07) is 0. The molecule has 0 saturated heterocycles. The van der Waals surface area contributed by atoms with Crippen LogP contribution in [0.3, 0.4) is 0 Å². The third-order valence-electron chi connectivity index (χ3n) is 13.1. The number of ether oxygens (including phenoxy) is 3.